The van der Waals surface area contributed by atoms with Gasteiger partial charge in [0.25, 0.3) is 5.91 Å². The predicted octanol–water partition coefficient (Wildman–Crippen LogP) is 3.73. The van der Waals surface area contributed by atoms with Crippen molar-refractivity contribution >= 4 is 11.5 Å². The van der Waals surface area contributed by atoms with Gasteiger partial charge in [-0.05, 0) is 45.6 Å². The minimum absolute atomic E-state index is 0.0729. The first-order valence-electron chi connectivity index (χ1n) is 8.98. The third-order valence-corrected chi connectivity index (χ3v) is 5.40. The van der Waals surface area contributed by atoms with Crippen LogP contribution in [0.5, 0.6) is 0 Å². The molecule has 0 bridgehead atoms. The smallest absolute Gasteiger partial charge is 0.261 e. The van der Waals surface area contributed by atoms with Crippen molar-refractivity contribution in [3.8, 4) is 0 Å². The van der Waals surface area contributed by atoms with Gasteiger partial charge >= 0.3 is 0 Å². The van der Waals surface area contributed by atoms with E-state index in [1.807, 2.05) is 51.1 Å². The molecule has 1 aliphatic carbocycles. The molecule has 2 unspecified atom stereocenters. The first-order chi connectivity index (χ1) is 11.9. The lowest BCUT2D eigenvalue weighted by molar-refractivity contribution is -0.148. The van der Waals surface area contributed by atoms with Gasteiger partial charge < -0.3 is 9.84 Å². The van der Waals surface area contributed by atoms with E-state index in [-0.39, 0.29) is 18.6 Å². The van der Waals surface area contributed by atoms with Crippen LogP contribution in [0, 0.1) is 5.92 Å². The molecule has 0 radical (unpaired) electrons. The zero-order valence-corrected chi connectivity index (χ0v) is 15.2. The van der Waals surface area contributed by atoms with E-state index in [0.29, 0.717) is 11.3 Å². The Labute approximate surface area is 149 Å². The molecule has 1 aromatic carbocycles. The Morgan fingerprint density at radius 2 is 2.00 bits per heavy atom. The third kappa shape index (κ3) is 3.36. The number of carbonyl (C=O) groups is 1. The Hall–Kier alpha value is -2.07. The van der Waals surface area contributed by atoms with Gasteiger partial charge in [-0.1, -0.05) is 42.5 Å². The van der Waals surface area contributed by atoms with Gasteiger partial charge in [0.05, 0.1) is 17.2 Å². The van der Waals surface area contributed by atoms with E-state index < -0.39 is 11.6 Å². The van der Waals surface area contributed by atoms with Crippen molar-refractivity contribution in [1.82, 2.24) is 4.90 Å². The molecule has 1 aliphatic heterocycles. The average molecular weight is 341 g/mol. The predicted molar refractivity (Wildman–Crippen MR) is 98.4 cm³/mol. The number of allylic oxidation sites excluding steroid dienone is 2. The molecule has 1 N–H and O–H groups in total. The van der Waals surface area contributed by atoms with Crippen molar-refractivity contribution in [3.63, 3.8) is 0 Å². The summed E-state index contributed by atoms with van der Waals surface area (Å²) in [6.07, 6.45) is 6.67. The summed E-state index contributed by atoms with van der Waals surface area (Å²) in [5.74, 6) is 0.623. The lowest BCUT2D eigenvalue weighted by Gasteiger charge is -2.46. The fraction of sp³-hybridized carbons (Fsp3) is 0.476. The molecule has 4 nitrogen and oxygen atoms in total. The number of carbonyl (C=O) groups excluding carboxylic acids is 1. The molecule has 1 heterocycles. The second-order valence-electron chi connectivity index (χ2n) is 7.43. The van der Waals surface area contributed by atoms with Crippen molar-refractivity contribution in [2.24, 2.45) is 5.92 Å². The lowest BCUT2D eigenvalue weighted by Crippen LogP contribution is -2.59. The summed E-state index contributed by atoms with van der Waals surface area (Å²) in [4.78, 5) is 14.9. The van der Waals surface area contributed by atoms with Gasteiger partial charge in [-0.2, -0.15) is 0 Å². The number of aliphatic hydroxyl groups is 1. The summed E-state index contributed by atoms with van der Waals surface area (Å²) in [7, 11) is 0. The molecule has 0 saturated carbocycles. The Balaban J connectivity index is 1.89. The van der Waals surface area contributed by atoms with Crippen molar-refractivity contribution in [3.05, 3.63) is 53.8 Å². The molecule has 0 spiro atoms. The maximum absolute atomic E-state index is 13.2. The highest BCUT2D eigenvalue weighted by molar-refractivity contribution is 6.20. The van der Waals surface area contributed by atoms with E-state index in [9.17, 15) is 9.90 Å². The largest absolute Gasteiger partial charge is 0.477 e. The van der Waals surface area contributed by atoms with Gasteiger partial charge in [-0.15, -0.1) is 0 Å². The molecule has 0 saturated heterocycles. The van der Waals surface area contributed by atoms with Crippen LogP contribution in [0.25, 0.3) is 5.57 Å². The van der Waals surface area contributed by atoms with E-state index >= 15 is 0 Å². The molecular formula is C21H27NO3. The van der Waals surface area contributed by atoms with Crippen LogP contribution in [0.4, 0.5) is 0 Å². The quantitative estimate of drug-likeness (QED) is 0.849. The normalized spacial score (nSPS) is 22.8. The van der Waals surface area contributed by atoms with Crippen LogP contribution < -0.4 is 0 Å². The number of hydrogen-bond donors (Lipinski definition) is 1. The first-order valence-corrected chi connectivity index (χ1v) is 8.98. The number of hydrogen-bond acceptors (Lipinski definition) is 3. The van der Waals surface area contributed by atoms with Gasteiger partial charge in [0, 0.05) is 5.92 Å². The lowest BCUT2D eigenvalue weighted by atomic mass is 9.80. The summed E-state index contributed by atoms with van der Waals surface area (Å²) in [6.45, 7) is 5.83. The minimum Gasteiger partial charge on any atom is -0.477 e. The van der Waals surface area contributed by atoms with Crippen LogP contribution in [0.1, 0.15) is 45.6 Å². The zero-order valence-electron chi connectivity index (χ0n) is 15.2. The van der Waals surface area contributed by atoms with Crippen LogP contribution in [0.3, 0.4) is 0 Å². The highest BCUT2D eigenvalue weighted by Crippen LogP contribution is 2.35. The van der Waals surface area contributed by atoms with Gasteiger partial charge in [0.2, 0.25) is 0 Å². The second-order valence-corrected chi connectivity index (χ2v) is 7.43. The molecular weight excluding hydrogens is 314 g/mol. The molecule has 134 valence electrons. The Morgan fingerprint density at radius 1 is 1.28 bits per heavy atom. The van der Waals surface area contributed by atoms with Crippen LogP contribution in [-0.2, 0) is 9.53 Å². The molecule has 3 rings (SSSR count). The Bertz CT molecular complexity index is 690. The number of amides is 1. The topological polar surface area (TPSA) is 49.8 Å². The maximum Gasteiger partial charge on any atom is 0.261 e. The van der Waals surface area contributed by atoms with E-state index in [2.05, 4.69) is 12.2 Å². The summed E-state index contributed by atoms with van der Waals surface area (Å²) in [6, 6.07) is 9.57. The molecule has 1 amide bonds. The number of nitrogens with zero attached hydrogens (tertiary/aromatic N) is 1. The Morgan fingerprint density at radius 3 is 2.64 bits per heavy atom. The minimum atomic E-state index is -0.718. The molecule has 0 fully saturated rings. The number of ether oxygens (including phenoxy) is 1. The summed E-state index contributed by atoms with van der Waals surface area (Å²) >= 11 is 0. The molecule has 2 aliphatic rings. The summed E-state index contributed by atoms with van der Waals surface area (Å²) < 4.78 is 5.81. The third-order valence-electron chi connectivity index (χ3n) is 5.40. The first kappa shape index (κ1) is 17.7. The zero-order chi connectivity index (χ0) is 18.0. The molecule has 1 aromatic rings. The van der Waals surface area contributed by atoms with Crippen molar-refractivity contribution in [2.45, 2.75) is 51.7 Å². The summed E-state index contributed by atoms with van der Waals surface area (Å²) in [5.41, 5.74) is 0.702. The monoisotopic (exact) mass is 341 g/mol. The number of aliphatic hydroxyl groups excluding tert-OH is 1. The molecule has 2 atom stereocenters. The Kier molecular flexibility index (Phi) is 5.00. The van der Waals surface area contributed by atoms with Crippen LogP contribution in [0.2, 0.25) is 0 Å². The number of benzene rings is 1. The maximum atomic E-state index is 13.2. The van der Waals surface area contributed by atoms with Gasteiger partial charge in [0.1, 0.15) is 5.76 Å². The van der Waals surface area contributed by atoms with Gasteiger partial charge in [-0.3, -0.25) is 9.69 Å². The average Bonchev–Trinajstić information content (AvgIpc) is 2.62. The van der Waals surface area contributed by atoms with Crippen LogP contribution in [0.15, 0.2) is 48.2 Å². The van der Waals surface area contributed by atoms with Crippen molar-refractivity contribution in [2.75, 3.05) is 6.73 Å². The highest BCUT2D eigenvalue weighted by Gasteiger charge is 2.44. The summed E-state index contributed by atoms with van der Waals surface area (Å²) in [5, 5.41) is 11.0. The van der Waals surface area contributed by atoms with Gasteiger partial charge in [-0.25, -0.2) is 0 Å². The van der Waals surface area contributed by atoms with E-state index in [1.165, 1.54) is 0 Å². The molecule has 4 heteroatoms. The molecule has 25 heavy (non-hydrogen) atoms. The van der Waals surface area contributed by atoms with Gasteiger partial charge in [0.15, 0.2) is 6.73 Å². The number of rotatable bonds is 4. The second kappa shape index (κ2) is 7.04. The molecule has 0 aromatic heterocycles. The van der Waals surface area contributed by atoms with E-state index in [0.717, 1.165) is 24.8 Å². The SMILES string of the molecule is CC1=C(c2ccccc2)C(=O)N(C(C)(C)C(O)C2C=CCCC2)CO1. The van der Waals surface area contributed by atoms with Crippen LogP contribution in [-0.4, -0.2) is 34.3 Å². The highest BCUT2D eigenvalue weighted by atomic mass is 16.5. The van der Waals surface area contributed by atoms with E-state index in [1.54, 1.807) is 4.90 Å². The fourth-order valence-electron chi connectivity index (χ4n) is 3.72. The van der Waals surface area contributed by atoms with E-state index in [4.69, 9.17) is 4.74 Å². The van der Waals surface area contributed by atoms with Crippen molar-refractivity contribution < 1.29 is 14.6 Å². The van der Waals surface area contributed by atoms with Crippen LogP contribution >= 0.6 is 0 Å². The van der Waals surface area contributed by atoms with Crippen molar-refractivity contribution in [1.29, 1.82) is 0 Å². The fourth-order valence-corrected chi connectivity index (χ4v) is 3.72. The standard InChI is InChI=1S/C21H27NO3/c1-15-18(16-10-6-4-7-11-16)20(24)22(14-25-15)21(2,3)19(23)17-12-8-5-9-13-17/h4,6-8,10-12,17,19,23H,5,9,13-14H2,1-3H3.